The van der Waals surface area contributed by atoms with Crippen LogP contribution in [0.5, 0.6) is 0 Å². The van der Waals surface area contributed by atoms with Crippen LogP contribution < -0.4 is 4.90 Å². The van der Waals surface area contributed by atoms with Crippen molar-refractivity contribution < 1.29 is 21.8 Å². The summed E-state index contributed by atoms with van der Waals surface area (Å²) in [4.78, 5) is 13.5. The zero-order chi connectivity index (χ0) is 25.6. The van der Waals surface area contributed by atoms with E-state index in [0.29, 0.717) is 24.3 Å². The molecular weight excluding hydrogens is 516 g/mol. The second-order valence-corrected chi connectivity index (χ2v) is 9.55. The van der Waals surface area contributed by atoms with E-state index in [2.05, 4.69) is 15.1 Å². The predicted molar refractivity (Wildman–Crippen MR) is 135 cm³/mol. The number of carbonyl (C=O) groups is 1. The first-order valence-electron chi connectivity index (χ1n) is 10.5. The molecule has 0 saturated heterocycles. The number of aryl methyl sites for hydroxylation is 1. The highest BCUT2D eigenvalue weighted by molar-refractivity contribution is 7.86. The molecule has 0 heterocycles. The highest BCUT2D eigenvalue weighted by Gasteiger charge is 2.19. The average molecular weight is 538 g/mol. The molecular formula is C24H22Cl2FN3O4S. The fourth-order valence-electron chi connectivity index (χ4n) is 3.21. The molecule has 0 N–H and O–H groups in total. The summed E-state index contributed by atoms with van der Waals surface area (Å²) in [6, 6.07) is 16.4. The van der Waals surface area contributed by atoms with E-state index in [1.807, 2.05) is 32.0 Å². The topological polar surface area (TPSA) is 88.4 Å². The molecule has 0 fully saturated rings. The highest BCUT2D eigenvalue weighted by Crippen LogP contribution is 2.36. The molecule has 11 heteroatoms. The van der Waals surface area contributed by atoms with Crippen molar-refractivity contribution in [3.05, 3.63) is 81.8 Å². The molecule has 0 aromatic heterocycles. The number of benzene rings is 3. The lowest BCUT2D eigenvalue weighted by Crippen LogP contribution is -2.28. The molecule has 3 rings (SSSR count). The number of azo groups is 1. The lowest BCUT2D eigenvalue weighted by atomic mass is 10.1. The van der Waals surface area contributed by atoms with E-state index in [4.69, 9.17) is 27.9 Å². The van der Waals surface area contributed by atoms with Crippen molar-refractivity contribution in [3.8, 4) is 0 Å². The van der Waals surface area contributed by atoms with Crippen LogP contribution in [-0.4, -0.2) is 34.1 Å². The predicted octanol–water partition coefficient (Wildman–Crippen LogP) is 7.06. The third-order valence-electron chi connectivity index (χ3n) is 5.06. The maximum absolute atomic E-state index is 13.3. The first kappa shape index (κ1) is 26.6. The summed E-state index contributed by atoms with van der Waals surface area (Å²) in [7, 11) is -5.01. The number of rotatable bonds is 9. The molecule has 0 spiro atoms. The van der Waals surface area contributed by atoms with E-state index in [-0.39, 0.29) is 28.3 Å². The minimum atomic E-state index is -5.01. The number of ether oxygens (including phenoxy) is 1. The van der Waals surface area contributed by atoms with Gasteiger partial charge < -0.3 is 9.64 Å². The van der Waals surface area contributed by atoms with Crippen LogP contribution in [0.15, 0.2) is 75.8 Å². The van der Waals surface area contributed by atoms with Gasteiger partial charge in [0.05, 0.1) is 27.8 Å². The lowest BCUT2D eigenvalue weighted by molar-refractivity contribution is 0.0515. The molecule has 3 aromatic rings. The molecule has 35 heavy (non-hydrogen) atoms. The summed E-state index contributed by atoms with van der Waals surface area (Å²) in [5.41, 5.74) is 2.88. The van der Waals surface area contributed by atoms with Crippen LogP contribution in [0.1, 0.15) is 22.8 Å². The van der Waals surface area contributed by atoms with Crippen molar-refractivity contribution in [2.45, 2.75) is 18.7 Å². The zero-order valence-corrected chi connectivity index (χ0v) is 21.2. The smallest absolute Gasteiger partial charge is 0.338 e. The fraction of sp³-hybridized carbons (Fsp3) is 0.208. The molecule has 0 aliphatic rings. The summed E-state index contributed by atoms with van der Waals surface area (Å²) in [6.07, 6.45) is 0. The molecule has 0 aliphatic carbocycles. The Kier molecular flexibility index (Phi) is 8.82. The molecule has 3 aromatic carbocycles. The number of hydrogen-bond acceptors (Lipinski definition) is 7. The normalized spacial score (nSPS) is 11.6. The van der Waals surface area contributed by atoms with Crippen molar-refractivity contribution in [3.63, 3.8) is 0 Å². The molecule has 0 saturated carbocycles. The Balaban J connectivity index is 1.69. The van der Waals surface area contributed by atoms with Gasteiger partial charge >= 0.3 is 16.2 Å². The first-order chi connectivity index (χ1) is 16.6. The maximum atomic E-state index is 13.3. The van der Waals surface area contributed by atoms with Gasteiger partial charge in [-0.15, -0.1) is 9.00 Å². The number of carbonyl (C=O) groups excluding carboxylic acids is 1. The Labute approximate surface area is 213 Å². The number of anilines is 1. The van der Waals surface area contributed by atoms with Crippen LogP contribution in [0.25, 0.3) is 0 Å². The SMILES string of the molecule is CCN(CCOC(=O)c1ccccc1)c1ccc(/N=N/c2cc(Cl)c(S(=O)(=O)F)cc2Cl)c(C)c1. The summed E-state index contributed by atoms with van der Waals surface area (Å²) in [5.74, 6) is -0.371. The number of nitrogens with zero attached hydrogens (tertiary/aromatic N) is 3. The number of hydrogen-bond donors (Lipinski definition) is 0. The first-order valence-corrected chi connectivity index (χ1v) is 12.7. The summed E-state index contributed by atoms with van der Waals surface area (Å²) in [6.45, 7) is 5.28. The van der Waals surface area contributed by atoms with Crippen LogP contribution in [0.4, 0.5) is 20.9 Å². The minimum absolute atomic E-state index is 0.1000. The molecule has 0 aliphatic heterocycles. The van der Waals surface area contributed by atoms with E-state index in [1.165, 1.54) is 0 Å². The van der Waals surface area contributed by atoms with Crippen molar-refractivity contribution in [1.29, 1.82) is 0 Å². The lowest BCUT2D eigenvalue weighted by Gasteiger charge is -2.23. The Morgan fingerprint density at radius 2 is 1.69 bits per heavy atom. The van der Waals surface area contributed by atoms with Gasteiger partial charge in [-0.3, -0.25) is 0 Å². The molecule has 7 nitrogen and oxygen atoms in total. The number of esters is 1. The largest absolute Gasteiger partial charge is 0.460 e. The van der Waals surface area contributed by atoms with Gasteiger partial charge in [-0.05, 0) is 61.9 Å². The quantitative estimate of drug-likeness (QED) is 0.165. The molecule has 184 valence electrons. The molecule has 0 radical (unpaired) electrons. The van der Waals surface area contributed by atoms with E-state index in [1.54, 1.807) is 30.3 Å². The number of halogens is 3. The Hall–Kier alpha value is -3.01. The van der Waals surface area contributed by atoms with E-state index in [0.717, 1.165) is 23.4 Å². The third kappa shape index (κ3) is 7.00. The number of likely N-dealkylation sites (N-methyl/N-ethyl adjacent to an activating group) is 1. The van der Waals surface area contributed by atoms with Gasteiger partial charge in [0.1, 0.15) is 17.2 Å². The van der Waals surface area contributed by atoms with Gasteiger partial charge in [-0.1, -0.05) is 41.4 Å². The second-order valence-electron chi connectivity index (χ2n) is 7.42. The van der Waals surface area contributed by atoms with Crippen LogP contribution >= 0.6 is 23.2 Å². The summed E-state index contributed by atoms with van der Waals surface area (Å²) < 4.78 is 40.9. The van der Waals surface area contributed by atoms with Crippen LogP contribution in [0.2, 0.25) is 10.0 Å². The molecule has 0 bridgehead atoms. The highest BCUT2D eigenvalue weighted by atomic mass is 35.5. The zero-order valence-electron chi connectivity index (χ0n) is 18.9. The molecule has 0 atom stereocenters. The average Bonchev–Trinajstić information content (AvgIpc) is 2.82. The second kappa shape index (κ2) is 11.6. The van der Waals surface area contributed by atoms with Crippen LogP contribution in [-0.2, 0) is 15.0 Å². The van der Waals surface area contributed by atoms with Crippen molar-refractivity contribution in [1.82, 2.24) is 0 Å². The van der Waals surface area contributed by atoms with Gasteiger partial charge in [-0.25, -0.2) is 4.79 Å². The van der Waals surface area contributed by atoms with Gasteiger partial charge in [0.25, 0.3) is 0 Å². The minimum Gasteiger partial charge on any atom is -0.460 e. The van der Waals surface area contributed by atoms with Crippen LogP contribution in [0.3, 0.4) is 0 Å². The Bertz CT molecular complexity index is 1350. The van der Waals surface area contributed by atoms with Gasteiger partial charge in [0.15, 0.2) is 0 Å². The van der Waals surface area contributed by atoms with E-state index >= 15 is 0 Å². The van der Waals surface area contributed by atoms with E-state index < -0.39 is 15.1 Å². The summed E-state index contributed by atoms with van der Waals surface area (Å²) >= 11 is 11.9. The molecule has 0 unspecified atom stereocenters. The third-order valence-corrected chi connectivity index (χ3v) is 6.65. The van der Waals surface area contributed by atoms with Crippen molar-refractivity contribution in [2.75, 3.05) is 24.6 Å². The standard InChI is InChI=1S/C24H22Cl2FN3O4S/c1-3-30(11-12-34-24(31)17-7-5-4-6-8-17)18-9-10-21(16(2)13-18)28-29-22-14-20(26)23(15-19(22)25)35(27,32)33/h4-10,13-15H,3,11-12H2,1-2H3/b29-28+. The van der Waals surface area contributed by atoms with Gasteiger partial charge in [-0.2, -0.15) is 13.5 Å². The van der Waals surface area contributed by atoms with Crippen LogP contribution in [0, 0.1) is 6.92 Å². The summed E-state index contributed by atoms with van der Waals surface area (Å²) in [5, 5.41) is 7.75. The van der Waals surface area contributed by atoms with Crippen molar-refractivity contribution >= 4 is 56.5 Å². The maximum Gasteiger partial charge on any atom is 0.338 e. The Morgan fingerprint density at radius 1 is 1.00 bits per heavy atom. The fourth-order valence-corrected chi connectivity index (χ4v) is 4.46. The Morgan fingerprint density at radius 3 is 2.31 bits per heavy atom. The van der Waals surface area contributed by atoms with Gasteiger partial charge in [0.2, 0.25) is 0 Å². The van der Waals surface area contributed by atoms with Crippen molar-refractivity contribution in [2.24, 2.45) is 10.2 Å². The van der Waals surface area contributed by atoms with Gasteiger partial charge in [0, 0.05) is 12.2 Å². The molecule has 0 amide bonds. The van der Waals surface area contributed by atoms with E-state index in [9.17, 15) is 17.1 Å². The monoisotopic (exact) mass is 537 g/mol.